The largest absolute Gasteiger partial charge is 0.365 e. The molecule has 1 aromatic rings. The first-order valence-corrected chi connectivity index (χ1v) is 7.69. The number of amides is 1. The predicted octanol–water partition coefficient (Wildman–Crippen LogP) is 2.83. The van der Waals surface area contributed by atoms with Gasteiger partial charge < -0.3 is 10.2 Å². The van der Waals surface area contributed by atoms with Crippen LogP contribution in [0.4, 0.5) is 5.69 Å². The Kier molecular flexibility index (Phi) is 5.62. The number of nitriles is 1. The number of hydrogen-bond acceptors (Lipinski definition) is 3. The number of nitrogens with zero attached hydrogens (tertiary/aromatic N) is 2. The van der Waals surface area contributed by atoms with E-state index >= 15 is 0 Å². The minimum atomic E-state index is 0.0776. The maximum Gasteiger partial charge on any atom is 0.239 e. The number of benzene rings is 1. The van der Waals surface area contributed by atoms with Gasteiger partial charge in [0.15, 0.2) is 0 Å². The Hall–Kier alpha value is -2.02. The first kappa shape index (κ1) is 15.4. The molecule has 1 aromatic carbocycles. The second-order valence-corrected chi connectivity index (χ2v) is 5.77. The Morgan fingerprint density at radius 1 is 1.24 bits per heavy atom. The summed E-state index contributed by atoms with van der Waals surface area (Å²) in [5, 5.41) is 11.9. The lowest BCUT2D eigenvalue weighted by molar-refractivity contribution is -0.120. The van der Waals surface area contributed by atoms with Crippen molar-refractivity contribution in [2.24, 2.45) is 0 Å². The molecule has 1 fully saturated rings. The smallest absolute Gasteiger partial charge is 0.239 e. The molecule has 0 bridgehead atoms. The summed E-state index contributed by atoms with van der Waals surface area (Å²) < 4.78 is 0. The molecule has 1 saturated carbocycles. The van der Waals surface area contributed by atoms with E-state index < -0.39 is 0 Å². The molecule has 0 radical (unpaired) electrons. The number of carbonyl (C=O) groups is 1. The van der Waals surface area contributed by atoms with Gasteiger partial charge in [0, 0.05) is 18.8 Å². The summed E-state index contributed by atoms with van der Waals surface area (Å²) in [6.45, 7) is 0.350. The molecule has 112 valence electrons. The van der Waals surface area contributed by atoms with Crippen LogP contribution in [0.15, 0.2) is 24.3 Å². The minimum Gasteiger partial charge on any atom is -0.365 e. The fourth-order valence-electron chi connectivity index (χ4n) is 2.79. The first-order chi connectivity index (χ1) is 10.2. The van der Waals surface area contributed by atoms with Gasteiger partial charge in [0.05, 0.1) is 18.2 Å². The molecule has 1 amide bonds. The van der Waals surface area contributed by atoms with Crippen molar-refractivity contribution in [1.29, 1.82) is 5.26 Å². The van der Waals surface area contributed by atoms with Crippen LogP contribution in [0.25, 0.3) is 0 Å². The zero-order chi connectivity index (χ0) is 15.1. The van der Waals surface area contributed by atoms with Crippen molar-refractivity contribution in [2.45, 2.75) is 44.6 Å². The molecule has 0 spiro atoms. The van der Waals surface area contributed by atoms with Crippen LogP contribution in [0.5, 0.6) is 0 Å². The third-order valence-corrected chi connectivity index (χ3v) is 4.04. The van der Waals surface area contributed by atoms with Crippen molar-refractivity contribution in [3.05, 3.63) is 29.8 Å². The van der Waals surface area contributed by atoms with Crippen molar-refractivity contribution in [2.75, 3.05) is 18.5 Å². The number of nitrogens with one attached hydrogen (secondary N) is 1. The Labute approximate surface area is 126 Å². The summed E-state index contributed by atoms with van der Waals surface area (Å²) in [4.78, 5) is 14.0. The molecule has 0 atom stereocenters. The van der Waals surface area contributed by atoms with Gasteiger partial charge in [-0.3, -0.25) is 4.79 Å². The lowest BCUT2D eigenvalue weighted by Crippen LogP contribution is -2.40. The lowest BCUT2D eigenvalue weighted by atomic mass is 10.1. The zero-order valence-electron chi connectivity index (χ0n) is 12.6. The first-order valence-electron chi connectivity index (χ1n) is 7.69. The van der Waals surface area contributed by atoms with E-state index in [1.807, 2.05) is 24.1 Å². The van der Waals surface area contributed by atoms with E-state index in [1.165, 1.54) is 25.7 Å². The molecule has 0 aliphatic heterocycles. The summed E-state index contributed by atoms with van der Waals surface area (Å²) >= 11 is 0. The maximum absolute atomic E-state index is 12.1. The van der Waals surface area contributed by atoms with Gasteiger partial charge >= 0.3 is 0 Å². The van der Waals surface area contributed by atoms with Gasteiger partial charge in [-0.05, 0) is 37.1 Å². The third-order valence-electron chi connectivity index (χ3n) is 4.04. The standard InChI is InChI=1S/C17H23N3O/c1-20(16-10-8-14(12-18)9-11-16)13-17(21)19-15-6-4-2-3-5-7-15/h8-11,15H,2-7,13H2,1H3,(H,19,21). The Bertz CT molecular complexity index is 496. The highest BCUT2D eigenvalue weighted by atomic mass is 16.2. The van der Waals surface area contributed by atoms with Gasteiger partial charge in [0.2, 0.25) is 5.91 Å². The SMILES string of the molecule is CN(CC(=O)NC1CCCCCC1)c1ccc(C#N)cc1. The molecular formula is C17H23N3O. The lowest BCUT2D eigenvalue weighted by Gasteiger charge is -2.21. The van der Waals surface area contributed by atoms with Crippen LogP contribution in [0.1, 0.15) is 44.1 Å². The maximum atomic E-state index is 12.1. The van der Waals surface area contributed by atoms with Gasteiger partial charge in [-0.1, -0.05) is 25.7 Å². The van der Waals surface area contributed by atoms with Gasteiger partial charge in [-0.25, -0.2) is 0 Å². The van der Waals surface area contributed by atoms with E-state index in [4.69, 9.17) is 5.26 Å². The molecule has 4 heteroatoms. The van der Waals surface area contributed by atoms with E-state index in [0.29, 0.717) is 18.2 Å². The molecule has 1 N–H and O–H groups in total. The molecule has 4 nitrogen and oxygen atoms in total. The van der Waals surface area contributed by atoms with Crippen molar-refractivity contribution in [3.8, 4) is 6.07 Å². The molecule has 21 heavy (non-hydrogen) atoms. The minimum absolute atomic E-state index is 0.0776. The second-order valence-electron chi connectivity index (χ2n) is 5.77. The second kappa shape index (κ2) is 7.68. The van der Waals surface area contributed by atoms with Gasteiger partial charge in [-0.2, -0.15) is 5.26 Å². The topological polar surface area (TPSA) is 56.1 Å². The fourth-order valence-corrected chi connectivity index (χ4v) is 2.79. The predicted molar refractivity (Wildman–Crippen MR) is 84.1 cm³/mol. The number of carbonyl (C=O) groups excluding carboxylic acids is 1. The van der Waals surface area contributed by atoms with E-state index in [2.05, 4.69) is 11.4 Å². The number of anilines is 1. The Morgan fingerprint density at radius 3 is 2.43 bits per heavy atom. The monoisotopic (exact) mass is 285 g/mol. The van der Waals surface area contributed by atoms with E-state index in [9.17, 15) is 4.79 Å². The number of rotatable bonds is 4. The molecular weight excluding hydrogens is 262 g/mol. The zero-order valence-corrected chi connectivity index (χ0v) is 12.6. The van der Waals surface area contributed by atoms with Crippen LogP contribution in [0.2, 0.25) is 0 Å². The summed E-state index contributed by atoms with van der Waals surface area (Å²) in [7, 11) is 1.90. The summed E-state index contributed by atoms with van der Waals surface area (Å²) in [5.41, 5.74) is 1.58. The Morgan fingerprint density at radius 2 is 1.86 bits per heavy atom. The molecule has 1 aliphatic rings. The van der Waals surface area contributed by atoms with Gasteiger partial charge in [0.1, 0.15) is 0 Å². The van der Waals surface area contributed by atoms with E-state index in [0.717, 1.165) is 18.5 Å². The van der Waals surface area contributed by atoms with Gasteiger partial charge in [0.25, 0.3) is 0 Å². The van der Waals surface area contributed by atoms with Crippen LogP contribution >= 0.6 is 0 Å². The third kappa shape index (κ3) is 4.78. The van der Waals surface area contributed by atoms with E-state index in [-0.39, 0.29) is 5.91 Å². The average Bonchev–Trinajstić information content (AvgIpc) is 2.75. The summed E-state index contributed by atoms with van der Waals surface area (Å²) in [6, 6.07) is 9.73. The summed E-state index contributed by atoms with van der Waals surface area (Å²) in [5.74, 6) is 0.0776. The highest BCUT2D eigenvalue weighted by Gasteiger charge is 2.15. The average molecular weight is 285 g/mol. The summed E-state index contributed by atoms with van der Waals surface area (Å²) in [6.07, 6.45) is 7.22. The molecule has 0 saturated heterocycles. The number of likely N-dealkylation sites (N-methyl/N-ethyl adjacent to an activating group) is 1. The molecule has 0 unspecified atom stereocenters. The molecule has 0 aromatic heterocycles. The van der Waals surface area contributed by atoms with E-state index in [1.54, 1.807) is 12.1 Å². The molecule has 2 rings (SSSR count). The van der Waals surface area contributed by atoms with Gasteiger partial charge in [-0.15, -0.1) is 0 Å². The molecule has 0 heterocycles. The van der Waals surface area contributed by atoms with Crippen molar-refractivity contribution in [3.63, 3.8) is 0 Å². The van der Waals surface area contributed by atoms with Crippen molar-refractivity contribution >= 4 is 11.6 Å². The normalized spacial score (nSPS) is 15.8. The number of hydrogen-bond donors (Lipinski definition) is 1. The highest BCUT2D eigenvalue weighted by molar-refractivity contribution is 5.81. The Balaban J connectivity index is 1.84. The van der Waals surface area contributed by atoms with Crippen molar-refractivity contribution < 1.29 is 4.79 Å². The quantitative estimate of drug-likeness (QED) is 0.865. The van der Waals surface area contributed by atoms with Crippen LogP contribution in [0.3, 0.4) is 0 Å². The van der Waals surface area contributed by atoms with Crippen LogP contribution in [-0.4, -0.2) is 25.5 Å². The van der Waals surface area contributed by atoms with Crippen LogP contribution < -0.4 is 10.2 Å². The van der Waals surface area contributed by atoms with Crippen LogP contribution in [0, 0.1) is 11.3 Å². The molecule has 1 aliphatic carbocycles. The fraction of sp³-hybridized carbons (Fsp3) is 0.529. The van der Waals surface area contributed by atoms with Crippen LogP contribution in [-0.2, 0) is 4.79 Å². The van der Waals surface area contributed by atoms with Crippen molar-refractivity contribution in [1.82, 2.24) is 5.32 Å². The highest BCUT2D eigenvalue weighted by Crippen LogP contribution is 2.17.